The number of carbonyl (C=O) groups excluding carboxylic acids is 1. The minimum atomic E-state index is -0.388. The standard InChI is InChI=1S/C23H26N4O5/c1-31-22-15-18(16-24)7-8-21(22)32-13-3-6-23(28)26-11-9-25(10-12-26)17-19-4-2-5-20(14-19)27(29)30/h2,4-5,7-8,14-15H,3,6,9-13,17H2,1H3. The molecular formula is C23H26N4O5. The lowest BCUT2D eigenvalue weighted by Gasteiger charge is -2.34. The molecule has 3 rings (SSSR count). The van der Waals surface area contributed by atoms with Crippen molar-refractivity contribution in [2.75, 3.05) is 39.9 Å². The summed E-state index contributed by atoms with van der Waals surface area (Å²) in [6.45, 7) is 3.74. The van der Waals surface area contributed by atoms with Gasteiger partial charge in [-0.1, -0.05) is 12.1 Å². The number of nitro benzene ring substituents is 1. The number of hydrogen-bond acceptors (Lipinski definition) is 7. The van der Waals surface area contributed by atoms with E-state index in [1.807, 2.05) is 11.0 Å². The van der Waals surface area contributed by atoms with E-state index in [1.165, 1.54) is 13.2 Å². The molecule has 1 heterocycles. The van der Waals surface area contributed by atoms with E-state index in [4.69, 9.17) is 14.7 Å². The lowest BCUT2D eigenvalue weighted by molar-refractivity contribution is -0.384. The molecule has 1 saturated heterocycles. The van der Waals surface area contributed by atoms with Crippen LogP contribution in [-0.4, -0.2) is 60.5 Å². The maximum atomic E-state index is 12.5. The van der Waals surface area contributed by atoms with Crippen LogP contribution in [0.1, 0.15) is 24.0 Å². The van der Waals surface area contributed by atoms with Crippen LogP contribution in [-0.2, 0) is 11.3 Å². The number of nitrogens with zero attached hydrogens (tertiary/aromatic N) is 4. The first-order valence-corrected chi connectivity index (χ1v) is 10.4. The zero-order valence-corrected chi connectivity index (χ0v) is 18.0. The van der Waals surface area contributed by atoms with Crippen molar-refractivity contribution in [2.45, 2.75) is 19.4 Å². The summed E-state index contributed by atoms with van der Waals surface area (Å²) in [5.41, 5.74) is 1.49. The van der Waals surface area contributed by atoms with E-state index in [9.17, 15) is 14.9 Å². The number of hydrogen-bond donors (Lipinski definition) is 0. The van der Waals surface area contributed by atoms with Crippen molar-refractivity contribution >= 4 is 11.6 Å². The third-order valence-electron chi connectivity index (χ3n) is 5.34. The second-order valence-corrected chi connectivity index (χ2v) is 7.51. The average molecular weight is 438 g/mol. The Balaban J connectivity index is 1.39. The summed E-state index contributed by atoms with van der Waals surface area (Å²) in [5, 5.41) is 19.9. The molecule has 0 aromatic heterocycles. The number of piperazine rings is 1. The van der Waals surface area contributed by atoms with Gasteiger partial charge in [0, 0.05) is 57.3 Å². The van der Waals surface area contributed by atoms with E-state index < -0.39 is 0 Å². The van der Waals surface area contributed by atoms with Gasteiger partial charge >= 0.3 is 0 Å². The summed E-state index contributed by atoms with van der Waals surface area (Å²) in [6, 6.07) is 13.7. The molecule has 0 saturated carbocycles. The molecule has 0 unspecified atom stereocenters. The number of nitro groups is 1. The Hall–Kier alpha value is -3.64. The smallest absolute Gasteiger partial charge is 0.269 e. The Morgan fingerprint density at radius 1 is 1.16 bits per heavy atom. The van der Waals surface area contributed by atoms with Gasteiger partial charge in [-0.05, 0) is 24.1 Å². The lowest BCUT2D eigenvalue weighted by atomic mass is 10.1. The fourth-order valence-corrected chi connectivity index (χ4v) is 3.60. The largest absolute Gasteiger partial charge is 0.493 e. The van der Waals surface area contributed by atoms with Crippen molar-refractivity contribution < 1.29 is 19.2 Å². The molecule has 1 amide bonds. The van der Waals surface area contributed by atoms with E-state index >= 15 is 0 Å². The summed E-state index contributed by atoms with van der Waals surface area (Å²) in [5.74, 6) is 1.14. The number of rotatable bonds is 9. The molecule has 9 nitrogen and oxygen atoms in total. The highest BCUT2D eigenvalue weighted by Gasteiger charge is 2.21. The van der Waals surface area contributed by atoms with Gasteiger partial charge in [0.05, 0.1) is 30.3 Å². The Labute approximate surface area is 186 Å². The molecule has 9 heteroatoms. The first kappa shape index (κ1) is 23.0. The molecule has 1 fully saturated rings. The van der Waals surface area contributed by atoms with Crippen molar-refractivity contribution in [1.29, 1.82) is 5.26 Å². The fraction of sp³-hybridized carbons (Fsp3) is 0.391. The average Bonchev–Trinajstić information content (AvgIpc) is 2.82. The summed E-state index contributed by atoms with van der Waals surface area (Å²) in [7, 11) is 1.52. The summed E-state index contributed by atoms with van der Waals surface area (Å²) in [4.78, 5) is 27.1. The predicted molar refractivity (Wildman–Crippen MR) is 117 cm³/mol. The summed E-state index contributed by atoms with van der Waals surface area (Å²) >= 11 is 0. The van der Waals surface area contributed by atoms with E-state index in [-0.39, 0.29) is 16.5 Å². The van der Waals surface area contributed by atoms with Crippen molar-refractivity contribution in [1.82, 2.24) is 9.80 Å². The molecule has 0 atom stereocenters. The minimum Gasteiger partial charge on any atom is -0.493 e. The number of methoxy groups -OCH3 is 1. The molecule has 2 aromatic rings. The van der Waals surface area contributed by atoms with Gasteiger partial charge in [0.25, 0.3) is 5.69 Å². The molecule has 2 aromatic carbocycles. The molecule has 0 spiro atoms. The van der Waals surface area contributed by atoms with Crippen LogP contribution in [0.2, 0.25) is 0 Å². The zero-order valence-electron chi connectivity index (χ0n) is 18.0. The number of ether oxygens (including phenoxy) is 2. The van der Waals surface area contributed by atoms with Crippen molar-refractivity contribution in [3.05, 3.63) is 63.7 Å². The normalized spacial score (nSPS) is 13.9. The van der Waals surface area contributed by atoms with Crippen LogP contribution in [0.3, 0.4) is 0 Å². The molecule has 1 aliphatic rings. The Kier molecular flexibility index (Phi) is 8.00. The highest BCUT2D eigenvalue weighted by Crippen LogP contribution is 2.28. The number of non-ortho nitro benzene ring substituents is 1. The molecule has 0 bridgehead atoms. The Morgan fingerprint density at radius 3 is 2.62 bits per heavy atom. The monoisotopic (exact) mass is 438 g/mol. The Bertz CT molecular complexity index is 996. The number of nitriles is 1. The van der Waals surface area contributed by atoms with Gasteiger partial charge in [-0.2, -0.15) is 5.26 Å². The third-order valence-corrected chi connectivity index (χ3v) is 5.34. The second kappa shape index (κ2) is 11.1. The van der Waals surface area contributed by atoms with Gasteiger partial charge in [0.2, 0.25) is 5.91 Å². The van der Waals surface area contributed by atoms with Crippen molar-refractivity contribution in [3.8, 4) is 17.6 Å². The van der Waals surface area contributed by atoms with Crippen molar-refractivity contribution in [2.24, 2.45) is 0 Å². The predicted octanol–water partition coefficient (Wildman–Crippen LogP) is 2.98. The van der Waals surface area contributed by atoms with E-state index in [0.29, 0.717) is 56.1 Å². The van der Waals surface area contributed by atoms with Crippen molar-refractivity contribution in [3.63, 3.8) is 0 Å². The molecule has 0 N–H and O–H groups in total. The highest BCUT2D eigenvalue weighted by atomic mass is 16.6. The topological polar surface area (TPSA) is 109 Å². The van der Waals surface area contributed by atoms with E-state index in [0.717, 1.165) is 18.7 Å². The van der Waals surface area contributed by atoms with Crippen LogP contribution in [0.5, 0.6) is 11.5 Å². The third kappa shape index (κ3) is 6.18. The number of benzene rings is 2. The maximum Gasteiger partial charge on any atom is 0.269 e. The maximum absolute atomic E-state index is 12.5. The molecule has 1 aliphatic heterocycles. The van der Waals surface area contributed by atoms with Crippen LogP contribution in [0, 0.1) is 21.4 Å². The fourth-order valence-electron chi connectivity index (χ4n) is 3.60. The van der Waals surface area contributed by atoms with Crippen LogP contribution in [0.25, 0.3) is 0 Å². The SMILES string of the molecule is COc1cc(C#N)ccc1OCCCC(=O)N1CCN(Cc2cccc([N+](=O)[O-])c2)CC1. The van der Waals surface area contributed by atoms with Crippen LogP contribution >= 0.6 is 0 Å². The molecule has 168 valence electrons. The first-order valence-electron chi connectivity index (χ1n) is 10.4. The lowest BCUT2D eigenvalue weighted by Crippen LogP contribution is -2.48. The van der Waals surface area contributed by atoms with Gasteiger partial charge in [0.1, 0.15) is 0 Å². The first-order chi connectivity index (χ1) is 15.5. The second-order valence-electron chi connectivity index (χ2n) is 7.51. The van der Waals surface area contributed by atoms with Gasteiger partial charge in [0.15, 0.2) is 11.5 Å². The molecule has 0 radical (unpaired) electrons. The van der Waals surface area contributed by atoms with E-state index in [2.05, 4.69) is 11.0 Å². The quantitative estimate of drug-likeness (QED) is 0.336. The van der Waals surface area contributed by atoms with Gasteiger partial charge in [-0.3, -0.25) is 19.8 Å². The zero-order chi connectivity index (χ0) is 22.9. The molecule has 32 heavy (non-hydrogen) atoms. The minimum absolute atomic E-state index is 0.0930. The summed E-state index contributed by atoms with van der Waals surface area (Å²) < 4.78 is 11.0. The highest BCUT2D eigenvalue weighted by molar-refractivity contribution is 5.76. The van der Waals surface area contributed by atoms with Crippen LogP contribution in [0.4, 0.5) is 5.69 Å². The molecule has 0 aliphatic carbocycles. The Morgan fingerprint density at radius 2 is 1.94 bits per heavy atom. The summed E-state index contributed by atoms with van der Waals surface area (Å²) in [6.07, 6.45) is 0.972. The van der Waals surface area contributed by atoms with Crippen LogP contribution in [0.15, 0.2) is 42.5 Å². The van der Waals surface area contributed by atoms with Gasteiger partial charge in [-0.25, -0.2) is 0 Å². The molecular weight excluding hydrogens is 412 g/mol. The number of carbonyl (C=O) groups is 1. The number of amides is 1. The van der Waals surface area contributed by atoms with E-state index in [1.54, 1.807) is 30.3 Å². The van der Waals surface area contributed by atoms with Gasteiger partial charge in [-0.15, -0.1) is 0 Å². The van der Waals surface area contributed by atoms with Crippen LogP contribution < -0.4 is 9.47 Å². The van der Waals surface area contributed by atoms with Gasteiger partial charge < -0.3 is 14.4 Å².